The van der Waals surface area contributed by atoms with Crippen LogP contribution in [0.3, 0.4) is 0 Å². The van der Waals surface area contributed by atoms with Gasteiger partial charge in [0.15, 0.2) is 5.17 Å². The summed E-state index contributed by atoms with van der Waals surface area (Å²) in [6.07, 6.45) is 3.19. The van der Waals surface area contributed by atoms with E-state index < -0.39 is 0 Å². The van der Waals surface area contributed by atoms with E-state index in [0.29, 0.717) is 25.1 Å². The number of methoxy groups -OCH3 is 1. The van der Waals surface area contributed by atoms with Crippen LogP contribution < -0.4 is 10.1 Å². The van der Waals surface area contributed by atoms with Crippen molar-refractivity contribution in [1.29, 1.82) is 0 Å². The van der Waals surface area contributed by atoms with Gasteiger partial charge in [-0.05, 0) is 29.7 Å². The Morgan fingerprint density at radius 2 is 2.35 bits per heavy atom. The molecule has 0 aromatic carbocycles. The van der Waals surface area contributed by atoms with Gasteiger partial charge in [0.2, 0.25) is 11.8 Å². The number of aliphatic hydroxyl groups is 1. The molecule has 1 aromatic rings. The number of rotatable bonds is 6. The molecule has 0 spiro atoms. The molecule has 2 aliphatic heterocycles. The number of fused-ring (bicyclic) bond motifs is 1. The molecule has 26 heavy (non-hydrogen) atoms. The number of nitrogens with zero attached hydrogens (tertiary/aromatic N) is 3. The van der Waals surface area contributed by atoms with Crippen LogP contribution in [0.25, 0.3) is 0 Å². The van der Waals surface area contributed by atoms with Crippen molar-refractivity contribution in [3.63, 3.8) is 0 Å². The normalized spacial score (nSPS) is 25.1. The highest BCUT2D eigenvalue weighted by molar-refractivity contribution is 8.16. The van der Waals surface area contributed by atoms with Gasteiger partial charge in [0.25, 0.3) is 0 Å². The number of pyridine rings is 1. The molecule has 3 heterocycles. The first kappa shape index (κ1) is 17.4. The Labute approximate surface area is 156 Å². The maximum atomic E-state index is 12.7. The van der Waals surface area contributed by atoms with Crippen LogP contribution in [-0.4, -0.2) is 52.4 Å². The minimum Gasteiger partial charge on any atom is -0.481 e. The Hall–Kier alpha value is -2.06. The molecule has 0 saturated heterocycles. The Morgan fingerprint density at radius 3 is 3.04 bits per heavy atom. The second-order valence-corrected chi connectivity index (χ2v) is 7.62. The SMILES string of the molecule is COc1ccc(C(NC(=O)CC2=CSC3=NCCN23)C2CC(O)C2)cn1. The van der Waals surface area contributed by atoms with E-state index in [1.807, 2.05) is 11.5 Å². The number of aliphatic hydroxyl groups excluding tert-OH is 1. The lowest BCUT2D eigenvalue weighted by atomic mass is 9.75. The summed E-state index contributed by atoms with van der Waals surface area (Å²) in [6, 6.07) is 3.58. The number of carbonyl (C=O) groups excluding carboxylic acids is 1. The molecular formula is C18H22N4O3S. The molecule has 1 aromatic heterocycles. The number of carbonyl (C=O) groups is 1. The van der Waals surface area contributed by atoms with Crippen LogP contribution in [-0.2, 0) is 4.79 Å². The van der Waals surface area contributed by atoms with Crippen LogP contribution in [0.4, 0.5) is 0 Å². The van der Waals surface area contributed by atoms with Crippen LogP contribution in [0, 0.1) is 5.92 Å². The lowest BCUT2D eigenvalue weighted by Gasteiger charge is -2.38. The van der Waals surface area contributed by atoms with E-state index in [0.717, 1.165) is 29.5 Å². The summed E-state index contributed by atoms with van der Waals surface area (Å²) in [5, 5.41) is 15.8. The van der Waals surface area contributed by atoms with Gasteiger partial charge in [-0.15, -0.1) is 0 Å². The Morgan fingerprint density at radius 1 is 1.50 bits per heavy atom. The van der Waals surface area contributed by atoms with E-state index in [4.69, 9.17) is 4.74 Å². The first-order valence-electron chi connectivity index (χ1n) is 8.79. The Balaban J connectivity index is 1.44. The van der Waals surface area contributed by atoms with E-state index in [2.05, 4.69) is 20.2 Å². The summed E-state index contributed by atoms with van der Waals surface area (Å²) in [5.74, 6) is 0.744. The zero-order valence-electron chi connectivity index (χ0n) is 14.6. The third-order valence-electron chi connectivity index (χ3n) is 5.06. The number of thioether (sulfide) groups is 1. The van der Waals surface area contributed by atoms with Gasteiger partial charge in [0.1, 0.15) is 0 Å². The monoisotopic (exact) mass is 374 g/mol. The molecule has 1 atom stereocenters. The second kappa shape index (κ2) is 7.28. The van der Waals surface area contributed by atoms with Crippen LogP contribution in [0.5, 0.6) is 5.88 Å². The van der Waals surface area contributed by atoms with Crippen LogP contribution in [0.15, 0.2) is 34.4 Å². The van der Waals surface area contributed by atoms with Gasteiger partial charge in [-0.2, -0.15) is 0 Å². The quantitative estimate of drug-likeness (QED) is 0.788. The van der Waals surface area contributed by atoms with Crippen molar-refractivity contribution < 1.29 is 14.6 Å². The van der Waals surface area contributed by atoms with Crippen molar-refractivity contribution in [2.45, 2.75) is 31.4 Å². The number of aromatic nitrogens is 1. The molecule has 1 fully saturated rings. The lowest BCUT2D eigenvalue weighted by molar-refractivity contribution is -0.122. The maximum absolute atomic E-state index is 12.7. The van der Waals surface area contributed by atoms with Gasteiger partial charge in [0.05, 0.1) is 32.2 Å². The molecule has 7 nitrogen and oxygen atoms in total. The third kappa shape index (κ3) is 3.43. The molecular weight excluding hydrogens is 352 g/mol. The number of aliphatic imine (C=N–C) groups is 1. The highest BCUT2D eigenvalue weighted by Gasteiger charge is 2.36. The average molecular weight is 374 g/mol. The van der Waals surface area contributed by atoms with Crippen LogP contribution in [0.2, 0.25) is 0 Å². The average Bonchev–Trinajstić information content (AvgIpc) is 3.22. The number of hydrogen-bond acceptors (Lipinski definition) is 7. The molecule has 0 radical (unpaired) electrons. The van der Waals surface area contributed by atoms with Crippen molar-refractivity contribution in [2.24, 2.45) is 10.9 Å². The molecule has 2 N–H and O–H groups in total. The fraction of sp³-hybridized carbons (Fsp3) is 0.500. The van der Waals surface area contributed by atoms with Gasteiger partial charge in [-0.1, -0.05) is 17.8 Å². The molecule has 8 heteroatoms. The Kier molecular flexibility index (Phi) is 4.86. The molecule has 4 rings (SSSR count). The van der Waals surface area contributed by atoms with Crippen LogP contribution in [0.1, 0.15) is 30.9 Å². The minimum absolute atomic E-state index is 0.0211. The zero-order valence-corrected chi connectivity index (χ0v) is 15.4. The second-order valence-electron chi connectivity index (χ2n) is 6.78. The van der Waals surface area contributed by atoms with Crippen molar-refractivity contribution in [3.05, 3.63) is 35.0 Å². The fourth-order valence-electron chi connectivity index (χ4n) is 3.58. The highest BCUT2D eigenvalue weighted by atomic mass is 32.2. The van der Waals surface area contributed by atoms with E-state index >= 15 is 0 Å². The maximum Gasteiger partial charge on any atom is 0.226 e. The largest absolute Gasteiger partial charge is 0.481 e. The number of amides is 1. The first-order valence-corrected chi connectivity index (χ1v) is 9.67. The molecule has 1 saturated carbocycles. The van der Waals surface area contributed by atoms with Crippen LogP contribution >= 0.6 is 11.8 Å². The topological polar surface area (TPSA) is 87.0 Å². The number of hydrogen-bond donors (Lipinski definition) is 2. The third-order valence-corrected chi connectivity index (χ3v) is 6.01. The van der Waals surface area contributed by atoms with Gasteiger partial charge >= 0.3 is 0 Å². The van der Waals surface area contributed by atoms with Gasteiger partial charge < -0.3 is 20.1 Å². The predicted octanol–water partition coefficient (Wildman–Crippen LogP) is 1.67. The molecule has 1 unspecified atom stereocenters. The predicted molar refractivity (Wildman–Crippen MR) is 99.7 cm³/mol. The summed E-state index contributed by atoms with van der Waals surface area (Å²) < 4.78 is 5.11. The van der Waals surface area contributed by atoms with E-state index in [9.17, 15) is 9.90 Å². The molecule has 3 aliphatic rings. The number of nitrogens with one attached hydrogen (secondary N) is 1. The van der Waals surface area contributed by atoms with E-state index in [1.54, 1.807) is 31.1 Å². The lowest BCUT2D eigenvalue weighted by Crippen LogP contribution is -2.41. The standard InChI is InChI=1S/C18H22N4O3S/c1-25-16-3-2-11(9-20-16)17(12-6-14(23)7-12)21-15(24)8-13-10-26-18-19-4-5-22(13)18/h2-3,9-10,12,14,17,23H,4-8H2,1H3,(H,21,24). The number of amidine groups is 1. The zero-order chi connectivity index (χ0) is 18.1. The van der Waals surface area contributed by atoms with Crippen molar-refractivity contribution in [1.82, 2.24) is 15.2 Å². The molecule has 138 valence electrons. The Bertz CT molecular complexity index is 743. The van der Waals surface area contributed by atoms with Gasteiger partial charge in [-0.25, -0.2) is 4.98 Å². The molecule has 1 aliphatic carbocycles. The van der Waals surface area contributed by atoms with E-state index in [-0.39, 0.29) is 24.0 Å². The summed E-state index contributed by atoms with van der Waals surface area (Å²) in [7, 11) is 1.58. The summed E-state index contributed by atoms with van der Waals surface area (Å²) in [4.78, 5) is 23.5. The highest BCUT2D eigenvalue weighted by Crippen LogP contribution is 2.38. The summed E-state index contributed by atoms with van der Waals surface area (Å²) in [6.45, 7) is 1.64. The number of ether oxygens (including phenoxy) is 1. The fourth-order valence-corrected chi connectivity index (χ4v) is 4.53. The first-order chi connectivity index (χ1) is 12.6. The van der Waals surface area contributed by atoms with Crippen molar-refractivity contribution in [2.75, 3.05) is 20.2 Å². The van der Waals surface area contributed by atoms with Crippen molar-refractivity contribution in [3.8, 4) is 5.88 Å². The van der Waals surface area contributed by atoms with Gasteiger partial charge in [0, 0.05) is 24.5 Å². The molecule has 0 bridgehead atoms. The summed E-state index contributed by atoms with van der Waals surface area (Å²) >= 11 is 1.58. The van der Waals surface area contributed by atoms with Crippen molar-refractivity contribution >= 4 is 22.8 Å². The summed E-state index contributed by atoms with van der Waals surface area (Å²) in [5.41, 5.74) is 1.94. The molecule has 1 amide bonds. The van der Waals surface area contributed by atoms with E-state index in [1.165, 1.54) is 0 Å². The smallest absolute Gasteiger partial charge is 0.226 e. The minimum atomic E-state index is -0.275. The van der Waals surface area contributed by atoms with Gasteiger partial charge in [-0.3, -0.25) is 9.79 Å².